The second-order valence-electron chi connectivity index (χ2n) is 6.87. The van der Waals surface area contributed by atoms with E-state index >= 15 is 0 Å². The molecule has 3 nitrogen and oxygen atoms in total. The second-order valence-corrected chi connectivity index (χ2v) is 7.78. The molecule has 0 bridgehead atoms. The minimum atomic E-state index is -0.0132. The van der Waals surface area contributed by atoms with E-state index in [2.05, 4.69) is 34.0 Å². The van der Waals surface area contributed by atoms with Gasteiger partial charge in [0.25, 0.3) is 0 Å². The maximum Gasteiger partial charge on any atom is 0.226 e. The average Bonchev–Trinajstić information content (AvgIpc) is 2.41. The molecule has 0 aromatic heterocycles. The molecule has 20 heavy (non-hydrogen) atoms. The van der Waals surface area contributed by atoms with E-state index in [0.717, 1.165) is 25.0 Å². The Morgan fingerprint density at radius 3 is 2.55 bits per heavy atom. The molecule has 1 aliphatic carbocycles. The van der Waals surface area contributed by atoms with Gasteiger partial charge in [-0.05, 0) is 36.9 Å². The van der Waals surface area contributed by atoms with Crippen molar-refractivity contribution in [1.82, 2.24) is 4.90 Å². The Morgan fingerprint density at radius 2 is 2.05 bits per heavy atom. The monoisotopic (exact) mass is 300 g/mol. The zero-order chi connectivity index (χ0) is 15.5. The third-order valence-electron chi connectivity index (χ3n) is 5.53. The lowest BCUT2D eigenvalue weighted by atomic mass is 9.60. The van der Waals surface area contributed by atoms with E-state index in [0.29, 0.717) is 17.9 Å². The fourth-order valence-electron chi connectivity index (χ4n) is 3.41. The molecule has 0 aromatic carbocycles. The van der Waals surface area contributed by atoms with E-state index in [1.807, 2.05) is 23.7 Å². The molecule has 0 aromatic rings. The molecule has 1 rings (SSSR count). The van der Waals surface area contributed by atoms with Gasteiger partial charge in [-0.25, -0.2) is 0 Å². The van der Waals surface area contributed by atoms with Gasteiger partial charge in [0, 0.05) is 30.8 Å². The summed E-state index contributed by atoms with van der Waals surface area (Å²) in [5, 5.41) is 0. The van der Waals surface area contributed by atoms with Gasteiger partial charge in [0.2, 0.25) is 5.91 Å². The van der Waals surface area contributed by atoms with Gasteiger partial charge in [-0.1, -0.05) is 27.7 Å². The number of carbonyl (C=O) groups is 1. The van der Waals surface area contributed by atoms with Crippen molar-refractivity contribution in [3.8, 4) is 0 Å². The lowest BCUT2D eigenvalue weighted by Gasteiger charge is -2.47. The van der Waals surface area contributed by atoms with Gasteiger partial charge in [0.05, 0.1) is 0 Å². The number of amides is 1. The molecular formula is C16H32N2OS. The zero-order valence-electron chi connectivity index (χ0n) is 14.0. The van der Waals surface area contributed by atoms with E-state index < -0.39 is 0 Å². The molecular weight excluding hydrogens is 268 g/mol. The molecule has 0 spiro atoms. The van der Waals surface area contributed by atoms with Gasteiger partial charge in [0.1, 0.15) is 0 Å². The van der Waals surface area contributed by atoms with Gasteiger partial charge < -0.3 is 10.6 Å². The van der Waals surface area contributed by atoms with Crippen LogP contribution in [0.1, 0.15) is 47.0 Å². The highest BCUT2D eigenvalue weighted by Crippen LogP contribution is 2.45. The normalized spacial score (nSPS) is 30.9. The van der Waals surface area contributed by atoms with E-state index in [4.69, 9.17) is 5.73 Å². The average molecular weight is 301 g/mol. The van der Waals surface area contributed by atoms with Crippen LogP contribution in [0, 0.1) is 17.3 Å². The SMILES string of the molecule is CCC(CSC)N(C)C(=O)C1CCC(N)C(C)C1(C)C. The Labute approximate surface area is 129 Å². The third-order valence-corrected chi connectivity index (χ3v) is 6.24. The number of nitrogens with zero attached hydrogens (tertiary/aromatic N) is 1. The van der Waals surface area contributed by atoms with Crippen LogP contribution in [0.2, 0.25) is 0 Å². The third kappa shape index (κ3) is 3.51. The van der Waals surface area contributed by atoms with E-state index in [1.54, 1.807) is 0 Å². The number of carbonyl (C=O) groups excluding carboxylic acids is 1. The maximum atomic E-state index is 12.9. The lowest BCUT2D eigenvalue weighted by Crippen LogP contribution is -2.53. The van der Waals surface area contributed by atoms with Crippen molar-refractivity contribution in [2.24, 2.45) is 23.0 Å². The Morgan fingerprint density at radius 1 is 1.45 bits per heavy atom. The van der Waals surface area contributed by atoms with Crippen molar-refractivity contribution in [1.29, 1.82) is 0 Å². The van der Waals surface area contributed by atoms with Crippen molar-refractivity contribution in [3.63, 3.8) is 0 Å². The molecule has 0 heterocycles. The quantitative estimate of drug-likeness (QED) is 0.849. The van der Waals surface area contributed by atoms with Crippen LogP contribution in [0.3, 0.4) is 0 Å². The summed E-state index contributed by atoms with van der Waals surface area (Å²) in [4.78, 5) is 14.9. The van der Waals surface area contributed by atoms with Crippen LogP contribution in [0.15, 0.2) is 0 Å². The number of nitrogens with two attached hydrogens (primary N) is 1. The molecule has 4 unspecified atom stereocenters. The van der Waals surface area contributed by atoms with E-state index in [9.17, 15) is 4.79 Å². The van der Waals surface area contributed by atoms with Crippen LogP contribution in [0.5, 0.6) is 0 Å². The first-order valence-corrected chi connectivity index (χ1v) is 9.17. The van der Waals surface area contributed by atoms with Gasteiger partial charge in [-0.15, -0.1) is 0 Å². The summed E-state index contributed by atoms with van der Waals surface area (Å²) in [5.41, 5.74) is 6.18. The molecule has 1 aliphatic rings. The van der Waals surface area contributed by atoms with Crippen molar-refractivity contribution in [3.05, 3.63) is 0 Å². The molecule has 1 saturated carbocycles. The summed E-state index contributed by atoms with van der Waals surface area (Å²) < 4.78 is 0. The first-order chi connectivity index (χ1) is 9.27. The molecule has 1 amide bonds. The predicted octanol–water partition coefficient (Wildman–Crippen LogP) is 2.99. The van der Waals surface area contributed by atoms with E-state index in [-0.39, 0.29) is 17.4 Å². The number of rotatable bonds is 5. The Bertz CT molecular complexity index is 332. The fraction of sp³-hybridized carbons (Fsp3) is 0.938. The van der Waals surface area contributed by atoms with Gasteiger partial charge in [-0.2, -0.15) is 11.8 Å². The van der Waals surface area contributed by atoms with Crippen LogP contribution >= 0.6 is 11.8 Å². The van der Waals surface area contributed by atoms with Gasteiger partial charge in [-0.3, -0.25) is 4.79 Å². The minimum Gasteiger partial charge on any atom is -0.342 e. The van der Waals surface area contributed by atoms with Gasteiger partial charge >= 0.3 is 0 Å². The van der Waals surface area contributed by atoms with Crippen molar-refractivity contribution in [2.75, 3.05) is 19.1 Å². The summed E-state index contributed by atoms with van der Waals surface area (Å²) in [7, 11) is 1.97. The predicted molar refractivity (Wildman–Crippen MR) is 88.9 cm³/mol. The summed E-state index contributed by atoms with van der Waals surface area (Å²) in [5.74, 6) is 1.83. The Kier molecular flexibility index (Phi) is 6.39. The molecule has 4 heteroatoms. The molecule has 4 atom stereocenters. The molecule has 118 valence electrons. The first kappa shape index (κ1) is 17.8. The molecule has 0 aliphatic heterocycles. The zero-order valence-corrected chi connectivity index (χ0v) is 14.8. The number of thioether (sulfide) groups is 1. The van der Waals surface area contributed by atoms with Crippen LogP contribution in [-0.2, 0) is 4.79 Å². The minimum absolute atomic E-state index is 0.0132. The Hall–Kier alpha value is -0.220. The standard InChI is InChI=1S/C16H32N2OS/c1-7-12(10-20-6)18(5)15(19)13-8-9-14(17)11(2)16(13,3)4/h11-14H,7-10,17H2,1-6H3. The molecule has 2 N–H and O–H groups in total. The second kappa shape index (κ2) is 7.17. The van der Waals surface area contributed by atoms with Crippen LogP contribution in [0.4, 0.5) is 0 Å². The maximum absolute atomic E-state index is 12.9. The van der Waals surface area contributed by atoms with E-state index in [1.165, 1.54) is 0 Å². The first-order valence-electron chi connectivity index (χ1n) is 7.78. The molecule has 0 radical (unpaired) electrons. The summed E-state index contributed by atoms with van der Waals surface area (Å²) in [6, 6.07) is 0.576. The summed E-state index contributed by atoms with van der Waals surface area (Å²) in [6.07, 6.45) is 5.02. The van der Waals surface area contributed by atoms with Crippen LogP contribution in [0.25, 0.3) is 0 Å². The molecule has 0 saturated heterocycles. The number of hydrogen-bond donors (Lipinski definition) is 1. The largest absolute Gasteiger partial charge is 0.342 e. The highest BCUT2D eigenvalue weighted by molar-refractivity contribution is 7.98. The highest BCUT2D eigenvalue weighted by Gasteiger charge is 2.46. The van der Waals surface area contributed by atoms with Crippen LogP contribution in [-0.4, -0.2) is 41.9 Å². The van der Waals surface area contributed by atoms with Gasteiger partial charge in [0.15, 0.2) is 0 Å². The number of hydrogen-bond acceptors (Lipinski definition) is 3. The van der Waals surface area contributed by atoms with Crippen LogP contribution < -0.4 is 5.73 Å². The van der Waals surface area contributed by atoms with Crippen molar-refractivity contribution in [2.45, 2.75) is 59.0 Å². The summed E-state index contributed by atoms with van der Waals surface area (Å²) in [6.45, 7) is 8.78. The smallest absolute Gasteiger partial charge is 0.226 e. The van der Waals surface area contributed by atoms with Crippen molar-refractivity contribution < 1.29 is 4.79 Å². The van der Waals surface area contributed by atoms with Crippen molar-refractivity contribution >= 4 is 17.7 Å². The molecule has 1 fully saturated rings. The topological polar surface area (TPSA) is 46.3 Å². The summed E-state index contributed by atoms with van der Waals surface area (Å²) >= 11 is 1.81. The fourth-order valence-corrected chi connectivity index (χ4v) is 4.26. The highest BCUT2D eigenvalue weighted by atomic mass is 32.2. The lowest BCUT2D eigenvalue weighted by molar-refractivity contribution is -0.144. The Balaban J connectivity index is 2.85.